The fraction of sp³-hybridized carbons (Fsp3) is 0.167. The number of carbonyl (C=O) groups excluding carboxylic acids is 1. The molecule has 0 aliphatic heterocycles. The Morgan fingerprint density at radius 3 is 2.96 bits per heavy atom. The minimum absolute atomic E-state index is 0.363. The fourth-order valence-corrected chi connectivity index (χ4v) is 2.26. The molecule has 1 N–H and O–H groups in total. The van der Waals surface area contributed by atoms with Gasteiger partial charge >= 0.3 is 6.09 Å². The van der Waals surface area contributed by atoms with Gasteiger partial charge in [0, 0.05) is 18.0 Å². The van der Waals surface area contributed by atoms with E-state index in [4.69, 9.17) is 4.74 Å². The van der Waals surface area contributed by atoms with Gasteiger partial charge in [-0.2, -0.15) is 5.10 Å². The summed E-state index contributed by atoms with van der Waals surface area (Å²) >= 11 is 0. The van der Waals surface area contributed by atoms with Crippen LogP contribution in [0.3, 0.4) is 0 Å². The molecule has 0 saturated carbocycles. The van der Waals surface area contributed by atoms with Gasteiger partial charge < -0.3 is 13.9 Å². The largest absolute Gasteiger partial charge is 0.487 e. The molecule has 25 heavy (non-hydrogen) atoms. The Bertz CT molecular complexity index is 884. The monoisotopic (exact) mass is 338 g/mol. The lowest BCUT2D eigenvalue weighted by atomic mass is 10.1. The predicted octanol–water partition coefficient (Wildman–Crippen LogP) is 2.99. The van der Waals surface area contributed by atoms with Crippen LogP contribution in [0.25, 0.3) is 5.65 Å². The summed E-state index contributed by atoms with van der Waals surface area (Å²) < 4.78 is 12.2. The molecule has 7 heteroatoms. The highest BCUT2D eigenvalue weighted by molar-refractivity contribution is 5.99. The molecule has 0 unspecified atom stereocenters. The maximum absolute atomic E-state index is 11.1. The van der Waals surface area contributed by atoms with E-state index in [-0.39, 0.29) is 0 Å². The average molecular weight is 338 g/mol. The summed E-state index contributed by atoms with van der Waals surface area (Å²) in [5.41, 5.74) is 5.50. The number of fused-ring (bicyclic) bond motifs is 1. The van der Waals surface area contributed by atoms with Crippen molar-refractivity contribution in [2.75, 3.05) is 7.11 Å². The average Bonchev–Trinajstić information content (AvgIpc) is 3.07. The second-order valence-corrected chi connectivity index (χ2v) is 5.32. The van der Waals surface area contributed by atoms with Crippen LogP contribution < -0.4 is 10.2 Å². The Kier molecular flexibility index (Phi) is 4.94. The van der Waals surface area contributed by atoms with Gasteiger partial charge in [0.1, 0.15) is 18.0 Å². The number of pyridine rings is 1. The van der Waals surface area contributed by atoms with E-state index in [0.29, 0.717) is 18.1 Å². The van der Waals surface area contributed by atoms with Crippen LogP contribution in [0.15, 0.2) is 60.0 Å². The topological polar surface area (TPSA) is 77.2 Å². The van der Waals surface area contributed by atoms with Crippen molar-refractivity contribution in [1.29, 1.82) is 0 Å². The zero-order valence-corrected chi connectivity index (χ0v) is 14.0. The summed E-state index contributed by atoms with van der Waals surface area (Å²) in [6, 6.07) is 13.3. The number of benzene rings is 1. The smallest absolute Gasteiger partial charge is 0.427 e. The van der Waals surface area contributed by atoms with Crippen LogP contribution in [0.1, 0.15) is 18.2 Å². The van der Waals surface area contributed by atoms with Crippen LogP contribution in [-0.4, -0.2) is 28.3 Å². The van der Waals surface area contributed by atoms with Crippen molar-refractivity contribution in [2.24, 2.45) is 5.10 Å². The zero-order valence-electron chi connectivity index (χ0n) is 14.0. The zero-order chi connectivity index (χ0) is 17.6. The maximum atomic E-state index is 11.1. The molecule has 7 nitrogen and oxygen atoms in total. The SMILES string of the molecule is COC(=O)N/N=C(\C)c1cccc(OCc2cn3ccccc3n2)c1. The molecule has 0 bridgehead atoms. The van der Waals surface area contributed by atoms with E-state index < -0.39 is 6.09 Å². The van der Waals surface area contributed by atoms with Gasteiger partial charge in [-0.3, -0.25) is 0 Å². The molecule has 0 saturated heterocycles. The number of hydrogen-bond acceptors (Lipinski definition) is 5. The second kappa shape index (κ2) is 7.48. The van der Waals surface area contributed by atoms with Crippen LogP contribution in [0, 0.1) is 0 Å². The Balaban J connectivity index is 1.68. The second-order valence-electron chi connectivity index (χ2n) is 5.32. The van der Waals surface area contributed by atoms with Gasteiger partial charge in [-0.05, 0) is 31.2 Å². The number of hydrazone groups is 1. The van der Waals surface area contributed by atoms with E-state index in [0.717, 1.165) is 16.9 Å². The molecule has 3 aromatic rings. The summed E-state index contributed by atoms with van der Waals surface area (Å²) in [4.78, 5) is 15.6. The van der Waals surface area contributed by atoms with E-state index in [1.165, 1.54) is 7.11 Å². The molecular formula is C18H18N4O3. The summed E-state index contributed by atoms with van der Waals surface area (Å²) in [6.45, 7) is 2.15. The number of rotatable bonds is 5. The Hall–Kier alpha value is -3.35. The fourth-order valence-electron chi connectivity index (χ4n) is 2.26. The van der Waals surface area contributed by atoms with Crippen molar-refractivity contribution in [3.05, 3.63) is 66.1 Å². The number of aromatic nitrogens is 2. The lowest BCUT2D eigenvalue weighted by Crippen LogP contribution is -2.18. The van der Waals surface area contributed by atoms with Crippen molar-refractivity contribution in [1.82, 2.24) is 14.8 Å². The van der Waals surface area contributed by atoms with Gasteiger partial charge in [0.2, 0.25) is 0 Å². The number of hydrogen-bond donors (Lipinski definition) is 1. The molecule has 128 valence electrons. The van der Waals surface area contributed by atoms with Crippen LogP contribution in [0.2, 0.25) is 0 Å². The van der Waals surface area contributed by atoms with Gasteiger partial charge in [0.25, 0.3) is 0 Å². The van der Waals surface area contributed by atoms with E-state index in [1.807, 2.05) is 59.3 Å². The van der Waals surface area contributed by atoms with Crippen molar-refractivity contribution in [3.63, 3.8) is 0 Å². The van der Waals surface area contributed by atoms with Crippen molar-refractivity contribution >= 4 is 17.5 Å². The summed E-state index contributed by atoms with van der Waals surface area (Å²) in [6.07, 6.45) is 3.27. The van der Waals surface area contributed by atoms with Crippen LogP contribution in [0.4, 0.5) is 4.79 Å². The van der Waals surface area contributed by atoms with Gasteiger partial charge in [-0.1, -0.05) is 18.2 Å². The standard InChI is InChI=1S/C18H18N4O3/c1-13(20-21-18(23)24-2)14-6-5-7-16(10-14)25-12-15-11-22-9-4-3-8-17(22)19-15/h3-11H,12H2,1-2H3,(H,21,23)/b20-13+. The highest BCUT2D eigenvalue weighted by Crippen LogP contribution is 2.16. The van der Waals surface area contributed by atoms with E-state index in [2.05, 4.69) is 20.2 Å². The third kappa shape index (κ3) is 4.14. The Morgan fingerprint density at radius 1 is 1.28 bits per heavy atom. The molecule has 2 heterocycles. The highest BCUT2D eigenvalue weighted by Gasteiger charge is 2.05. The normalized spacial score (nSPS) is 11.4. The molecule has 0 spiro atoms. The molecule has 1 aromatic carbocycles. The summed E-state index contributed by atoms with van der Waals surface area (Å²) in [5.74, 6) is 0.696. The lowest BCUT2D eigenvalue weighted by molar-refractivity contribution is 0.171. The number of nitrogens with one attached hydrogen (secondary N) is 1. The van der Waals surface area contributed by atoms with E-state index >= 15 is 0 Å². The van der Waals surface area contributed by atoms with Crippen molar-refractivity contribution < 1.29 is 14.3 Å². The Morgan fingerprint density at radius 2 is 2.16 bits per heavy atom. The minimum Gasteiger partial charge on any atom is -0.487 e. The van der Waals surface area contributed by atoms with Crippen molar-refractivity contribution in [2.45, 2.75) is 13.5 Å². The maximum Gasteiger partial charge on any atom is 0.427 e. The summed E-state index contributed by atoms with van der Waals surface area (Å²) in [7, 11) is 1.29. The lowest BCUT2D eigenvalue weighted by Gasteiger charge is -2.07. The molecule has 0 fully saturated rings. The molecule has 0 radical (unpaired) electrons. The first-order valence-electron chi connectivity index (χ1n) is 7.70. The third-order valence-corrected chi connectivity index (χ3v) is 3.55. The number of imidazole rings is 1. The molecule has 0 aliphatic carbocycles. The molecular weight excluding hydrogens is 320 g/mol. The van der Waals surface area contributed by atoms with Gasteiger partial charge in [0.15, 0.2) is 0 Å². The number of methoxy groups -OCH3 is 1. The third-order valence-electron chi connectivity index (χ3n) is 3.55. The molecule has 3 rings (SSSR count). The van der Waals surface area contributed by atoms with E-state index in [9.17, 15) is 4.79 Å². The Labute approximate surface area is 144 Å². The first kappa shape index (κ1) is 16.5. The number of ether oxygens (including phenoxy) is 2. The van der Waals surface area contributed by atoms with Gasteiger partial charge in [0.05, 0.1) is 18.5 Å². The molecule has 1 amide bonds. The predicted molar refractivity (Wildman–Crippen MR) is 93.7 cm³/mol. The van der Waals surface area contributed by atoms with Crippen LogP contribution in [0.5, 0.6) is 5.75 Å². The number of nitrogens with zero attached hydrogens (tertiary/aromatic N) is 3. The minimum atomic E-state index is -0.612. The highest BCUT2D eigenvalue weighted by atomic mass is 16.5. The first-order valence-corrected chi connectivity index (χ1v) is 7.70. The van der Waals surface area contributed by atoms with E-state index in [1.54, 1.807) is 6.92 Å². The van der Waals surface area contributed by atoms with Crippen molar-refractivity contribution in [3.8, 4) is 5.75 Å². The van der Waals surface area contributed by atoms with Crippen LogP contribution >= 0.6 is 0 Å². The molecule has 0 atom stereocenters. The first-order chi connectivity index (χ1) is 12.2. The molecule has 2 aromatic heterocycles. The van der Waals surface area contributed by atoms with Crippen LogP contribution in [-0.2, 0) is 11.3 Å². The van der Waals surface area contributed by atoms with Gasteiger partial charge in [-0.15, -0.1) is 0 Å². The van der Waals surface area contributed by atoms with Gasteiger partial charge in [-0.25, -0.2) is 15.2 Å². The summed E-state index contributed by atoms with van der Waals surface area (Å²) in [5, 5.41) is 3.97. The molecule has 0 aliphatic rings. The number of carbonyl (C=O) groups is 1. The quantitative estimate of drug-likeness (QED) is 0.573. The number of amides is 1.